The van der Waals surface area contributed by atoms with Gasteiger partial charge in [0, 0.05) is 19.1 Å². The second kappa shape index (κ2) is 15.1. The molecule has 1 saturated carbocycles. The van der Waals surface area contributed by atoms with Crippen molar-refractivity contribution in [2.24, 2.45) is 5.92 Å². The normalized spacial score (nSPS) is 33.3. The van der Waals surface area contributed by atoms with Crippen LogP contribution in [0.3, 0.4) is 0 Å². The maximum Gasteiger partial charge on any atom is 0.244 e. The Morgan fingerprint density at radius 2 is 1.55 bits per heavy atom. The van der Waals surface area contributed by atoms with Gasteiger partial charge in [-0.25, -0.2) is 0 Å². The molecule has 40 heavy (non-hydrogen) atoms. The zero-order valence-electron chi connectivity index (χ0n) is 25.3. The van der Waals surface area contributed by atoms with Crippen LogP contribution in [0.15, 0.2) is 23.8 Å². The molecule has 1 N–H and O–H groups in total. The van der Waals surface area contributed by atoms with Gasteiger partial charge >= 0.3 is 0 Å². The number of Topliss-reactive ketones (excluding diaryl/α,β-unsaturated/α-hetero) is 1. The summed E-state index contributed by atoms with van der Waals surface area (Å²) >= 11 is 0. The van der Waals surface area contributed by atoms with E-state index in [1.165, 1.54) is 70.6 Å². The van der Waals surface area contributed by atoms with Gasteiger partial charge in [-0.05, 0) is 25.7 Å². The van der Waals surface area contributed by atoms with Gasteiger partial charge < -0.3 is 24.3 Å². The van der Waals surface area contributed by atoms with Crippen molar-refractivity contribution in [3.63, 3.8) is 0 Å². The molecule has 0 aromatic carbocycles. The van der Waals surface area contributed by atoms with E-state index in [1.807, 2.05) is 13.0 Å². The smallest absolute Gasteiger partial charge is 0.244 e. The van der Waals surface area contributed by atoms with E-state index in [-0.39, 0.29) is 29.9 Å². The van der Waals surface area contributed by atoms with Crippen molar-refractivity contribution in [1.82, 2.24) is 5.32 Å². The molecule has 0 aromatic heterocycles. The number of epoxide rings is 2. The van der Waals surface area contributed by atoms with Gasteiger partial charge in [0.05, 0.1) is 6.04 Å². The van der Waals surface area contributed by atoms with Gasteiger partial charge in [0.25, 0.3) is 0 Å². The summed E-state index contributed by atoms with van der Waals surface area (Å²) in [5, 5.41) is 3.13. The van der Waals surface area contributed by atoms with Gasteiger partial charge in [0.2, 0.25) is 5.91 Å². The molecule has 3 aliphatic heterocycles. The molecule has 7 heteroatoms. The minimum absolute atomic E-state index is 0.0258. The third-order valence-corrected chi connectivity index (χ3v) is 8.88. The molecule has 1 aliphatic carbocycles. The van der Waals surface area contributed by atoms with Gasteiger partial charge in [-0.3, -0.25) is 9.59 Å². The number of ether oxygens (including phenoxy) is 4. The highest BCUT2D eigenvalue weighted by Gasteiger charge is 2.79. The predicted molar refractivity (Wildman–Crippen MR) is 156 cm³/mol. The quantitative estimate of drug-likeness (QED) is 0.0860. The van der Waals surface area contributed by atoms with Gasteiger partial charge in [-0.2, -0.15) is 0 Å². The Balaban J connectivity index is 1.27. The molecule has 1 spiro atoms. The number of unbranched alkanes of at least 4 members (excludes halogenated alkanes) is 10. The molecular formula is C33H53NO6. The van der Waals surface area contributed by atoms with E-state index in [0.717, 1.165) is 18.4 Å². The predicted octanol–water partition coefficient (Wildman–Crippen LogP) is 6.34. The first kappa shape index (κ1) is 31.4. The van der Waals surface area contributed by atoms with Crippen LogP contribution in [-0.4, -0.2) is 60.6 Å². The second-order valence-corrected chi connectivity index (χ2v) is 12.5. The SMILES string of the molecule is CCCCCCCCCCOC1OC2(CC1NC(=O)/C=C/C(C)=C\C(C)CCCCCC)C1OC1C(=O)C1OC12. The molecule has 1 amide bonds. The van der Waals surface area contributed by atoms with E-state index >= 15 is 0 Å². The average Bonchev–Trinajstić information content (AvgIpc) is 3.86. The fourth-order valence-corrected chi connectivity index (χ4v) is 6.50. The molecule has 4 aliphatic rings. The lowest BCUT2D eigenvalue weighted by Crippen LogP contribution is -2.49. The Morgan fingerprint density at radius 1 is 0.950 bits per heavy atom. The van der Waals surface area contributed by atoms with Crippen LogP contribution in [0.5, 0.6) is 0 Å². The summed E-state index contributed by atoms with van der Waals surface area (Å²) in [6.07, 6.45) is 20.2. The highest BCUT2D eigenvalue weighted by molar-refractivity contribution is 5.94. The Bertz CT molecular complexity index is 879. The molecule has 0 bridgehead atoms. The van der Waals surface area contributed by atoms with Crippen LogP contribution in [0, 0.1) is 5.92 Å². The molecule has 0 aromatic rings. The minimum Gasteiger partial charge on any atom is -0.358 e. The number of rotatable bonds is 19. The average molecular weight is 560 g/mol. The topological polar surface area (TPSA) is 89.7 Å². The van der Waals surface area contributed by atoms with Crippen LogP contribution in [0.1, 0.15) is 118 Å². The van der Waals surface area contributed by atoms with E-state index in [2.05, 4.69) is 32.2 Å². The highest BCUT2D eigenvalue weighted by atomic mass is 16.7. The Kier molecular flexibility index (Phi) is 11.8. The van der Waals surface area contributed by atoms with E-state index in [0.29, 0.717) is 18.9 Å². The van der Waals surface area contributed by atoms with Crippen LogP contribution in [0.4, 0.5) is 0 Å². The van der Waals surface area contributed by atoms with Crippen molar-refractivity contribution in [3.05, 3.63) is 23.8 Å². The summed E-state index contributed by atoms with van der Waals surface area (Å²) in [6.45, 7) is 9.34. The molecular weight excluding hydrogens is 506 g/mol. The molecule has 7 unspecified atom stereocenters. The summed E-state index contributed by atoms with van der Waals surface area (Å²) in [5.74, 6) is 0.356. The van der Waals surface area contributed by atoms with Gasteiger partial charge in [0.1, 0.15) is 30.0 Å². The van der Waals surface area contributed by atoms with Crippen molar-refractivity contribution < 1.29 is 28.5 Å². The van der Waals surface area contributed by atoms with Crippen molar-refractivity contribution in [2.75, 3.05) is 6.61 Å². The van der Waals surface area contributed by atoms with Crippen molar-refractivity contribution in [1.29, 1.82) is 0 Å². The zero-order valence-corrected chi connectivity index (χ0v) is 25.3. The number of carbonyl (C=O) groups is 2. The maximum atomic E-state index is 13.0. The lowest BCUT2D eigenvalue weighted by Gasteiger charge is -2.27. The van der Waals surface area contributed by atoms with Crippen LogP contribution in [0.25, 0.3) is 0 Å². The molecule has 7 nitrogen and oxygen atoms in total. The van der Waals surface area contributed by atoms with Crippen LogP contribution in [-0.2, 0) is 28.5 Å². The standard InChI is InChI=1S/C33H53NO6/c1-5-7-9-11-12-13-14-16-20-37-32-25(22-33(40-32)30-28(38-30)27(36)29-31(33)39-29)34-26(35)19-18-24(4)21-23(3)17-15-10-8-6-2/h18-19,21,23,25,28-32H,5-17,20,22H2,1-4H3,(H,34,35)/b19-18+,24-21-. The zero-order chi connectivity index (χ0) is 28.5. The van der Waals surface area contributed by atoms with E-state index in [9.17, 15) is 9.59 Å². The molecule has 0 radical (unpaired) electrons. The van der Waals surface area contributed by atoms with Crippen LogP contribution < -0.4 is 5.32 Å². The molecule has 3 saturated heterocycles. The largest absolute Gasteiger partial charge is 0.358 e. The first-order chi connectivity index (χ1) is 19.4. The number of ketones is 1. The summed E-state index contributed by atoms with van der Waals surface area (Å²) < 4.78 is 24.2. The van der Waals surface area contributed by atoms with Crippen molar-refractivity contribution in [3.8, 4) is 0 Å². The maximum absolute atomic E-state index is 13.0. The highest BCUT2D eigenvalue weighted by Crippen LogP contribution is 2.57. The van der Waals surface area contributed by atoms with Crippen molar-refractivity contribution >= 4 is 11.7 Å². The minimum atomic E-state index is -0.724. The molecule has 3 heterocycles. The monoisotopic (exact) mass is 559 g/mol. The fraction of sp³-hybridized carbons (Fsp3) is 0.818. The lowest BCUT2D eigenvalue weighted by molar-refractivity contribution is -0.186. The molecule has 226 valence electrons. The summed E-state index contributed by atoms with van der Waals surface area (Å²) in [4.78, 5) is 25.3. The summed E-state index contributed by atoms with van der Waals surface area (Å²) in [7, 11) is 0. The first-order valence-electron chi connectivity index (χ1n) is 16.2. The van der Waals surface area contributed by atoms with E-state index in [1.54, 1.807) is 6.08 Å². The summed E-state index contributed by atoms with van der Waals surface area (Å²) in [5.41, 5.74) is 0.367. The number of nitrogens with one attached hydrogen (secondary N) is 1. The Hall–Kier alpha value is -1.54. The molecule has 7 atom stereocenters. The number of allylic oxidation sites excluding steroid dienone is 3. The van der Waals surface area contributed by atoms with Crippen LogP contribution >= 0.6 is 0 Å². The third kappa shape index (κ3) is 8.27. The van der Waals surface area contributed by atoms with Gasteiger partial charge in [-0.1, -0.05) is 109 Å². The third-order valence-electron chi connectivity index (χ3n) is 8.88. The molecule has 4 rings (SSSR count). The van der Waals surface area contributed by atoms with Crippen molar-refractivity contribution in [2.45, 2.75) is 160 Å². The Morgan fingerprint density at radius 3 is 2.20 bits per heavy atom. The number of carbonyl (C=O) groups excluding carboxylic acids is 2. The van der Waals surface area contributed by atoms with Gasteiger partial charge in [-0.15, -0.1) is 0 Å². The van der Waals surface area contributed by atoms with Gasteiger partial charge in [0.15, 0.2) is 12.1 Å². The second-order valence-electron chi connectivity index (χ2n) is 12.5. The van der Waals surface area contributed by atoms with E-state index < -0.39 is 24.1 Å². The number of fused-ring (bicyclic) bond motifs is 4. The molecule has 4 fully saturated rings. The summed E-state index contributed by atoms with van der Waals surface area (Å²) in [6, 6.07) is -0.323. The Labute approximate surface area is 241 Å². The number of amides is 1. The number of hydrogen-bond acceptors (Lipinski definition) is 6. The van der Waals surface area contributed by atoms with E-state index in [4.69, 9.17) is 18.9 Å². The lowest BCUT2D eigenvalue weighted by atomic mass is 9.81. The first-order valence-corrected chi connectivity index (χ1v) is 16.2. The number of hydrogen-bond donors (Lipinski definition) is 1. The van der Waals surface area contributed by atoms with Crippen LogP contribution in [0.2, 0.25) is 0 Å². The fourth-order valence-electron chi connectivity index (χ4n) is 6.50.